The molecule has 0 amide bonds. The van der Waals surface area contributed by atoms with Gasteiger partial charge in [-0.15, -0.1) is 0 Å². The summed E-state index contributed by atoms with van der Waals surface area (Å²) in [5, 5.41) is 0. The van der Waals surface area contributed by atoms with Crippen LogP contribution in [0.2, 0.25) is 0 Å². The maximum Gasteiger partial charge on any atom is -0.0288 e. The second kappa shape index (κ2) is 13.0. The predicted molar refractivity (Wildman–Crippen MR) is 94.1 cm³/mol. The molecule has 0 unspecified atom stereocenters. The Morgan fingerprint density at radius 2 is 1.20 bits per heavy atom. The summed E-state index contributed by atoms with van der Waals surface area (Å²) in [5.74, 6) is 0. The highest BCUT2D eigenvalue weighted by molar-refractivity contribution is 5.06. The van der Waals surface area contributed by atoms with Crippen molar-refractivity contribution >= 4 is 0 Å². The summed E-state index contributed by atoms with van der Waals surface area (Å²) in [6.45, 7) is 11.0. The van der Waals surface area contributed by atoms with E-state index in [-0.39, 0.29) is 0 Å². The first-order valence-electron chi connectivity index (χ1n) is 8.18. The van der Waals surface area contributed by atoms with E-state index in [4.69, 9.17) is 0 Å². The molecular formula is C20H34. The quantitative estimate of drug-likeness (QED) is 0.371. The molecule has 0 saturated heterocycles. The number of hydrogen-bond acceptors (Lipinski definition) is 0. The molecule has 0 aliphatic carbocycles. The second-order valence-corrected chi connectivity index (χ2v) is 5.73. The van der Waals surface area contributed by atoms with Gasteiger partial charge >= 0.3 is 0 Å². The largest absolute Gasteiger partial charge is 0.0888 e. The first-order chi connectivity index (χ1) is 9.60. The van der Waals surface area contributed by atoms with Crippen molar-refractivity contribution in [3.8, 4) is 0 Å². The summed E-state index contributed by atoms with van der Waals surface area (Å²) < 4.78 is 0. The van der Waals surface area contributed by atoms with Crippen molar-refractivity contribution in [1.82, 2.24) is 0 Å². The molecule has 0 saturated carbocycles. The van der Waals surface area contributed by atoms with Crippen molar-refractivity contribution < 1.29 is 0 Å². The molecule has 0 spiro atoms. The zero-order valence-corrected chi connectivity index (χ0v) is 14.3. The van der Waals surface area contributed by atoms with Crippen molar-refractivity contribution in [3.05, 3.63) is 47.1 Å². The average Bonchev–Trinajstić information content (AvgIpc) is 2.43. The topological polar surface area (TPSA) is 0 Å². The highest BCUT2D eigenvalue weighted by atomic mass is 14.0. The molecule has 0 aromatic carbocycles. The van der Waals surface area contributed by atoms with Gasteiger partial charge in [0, 0.05) is 0 Å². The molecule has 0 aromatic heterocycles. The minimum Gasteiger partial charge on any atom is -0.0888 e. The van der Waals surface area contributed by atoms with Gasteiger partial charge in [0.2, 0.25) is 0 Å². The molecule has 0 fully saturated rings. The van der Waals surface area contributed by atoms with E-state index in [1.165, 1.54) is 55.2 Å². The third-order valence-electron chi connectivity index (χ3n) is 3.66. The van der Waals surface area contributed by atoms with Crippen LogP contribution in [0.3, 0.4) is 0 Å². The van der Waals surface area contributed by atoms with Gasteiger partial charge in [-0.1, -0.05) is 54.0 Å². The zero-order valence-electron chi connectivity index (χ0n) is 14.3. The Labute approximate surface area is 127 Å². The summed E-state index contributed by atoms with van der Waals surface area (Å²) >= 11 is 0. The fraction of sp³-hybridized carbons (Fsp3) is 0.600. The lowest BCUT2D eigenvalue weighted by atomic mass is 10.0. The van der Waals surface area contributed by atoms with Crippen LogP contribution in [-0.2, 0) is 0 Å². The maximum absolute atomic E-state index is 2.41. The molecule has 20 heavy (non-hydrogen) atoms. The maximum atomic E-state index is 2.41. The van der Waals surface area contributed by atoms with Crippen molar-refractivity contribution in [1.29, 1.82) is 0 Å². The van der Waals surface area contributed by atoms with Crippen LogP contribution in [0.5, 0.6) is 0 Å². The van der Waals surface area contributed by atoms with Gasteiger partial charge in [-0.25, -0.2) is 0 Å². The van der Waals surface area contributed by atoms with E-state index in [1.807, 2.05) is 0 Å². The normalized spacial score (nSPS) is 14.3. The van der Waals surface area contributed by atoms with E-state index in [0.717, 1.165) is 6.42 Å². The van der Waals surface area contributed by atoms with Gasteiger partial charge in [-0.2, -0.15) is 0 Å². The SMILES string of the molecule is C/C=C(/C)CC/C=C(/C)CC/C=C(\C)CCC=CCC. The fourth-order valence-electron chi connectivity index (χ4n) is 2.04. The van der Waals surface area contributed by atoms with Gasteiger partial charge < -0.3 is 0 Å². The van der Waals surface area contributed by atoms with Crippen molar-refractivity contribution in [2.45, 2.75) is 79.6 Å². The molecular weight excluding hydrogens is 240 g/mol. The lowest BCUT2D eigenvalue weighted by molar-refractivity contribution is 0.900. The Kier molecular flexibility index (Phi) is 12.3. The Bertz CT molecular complexity index is 350. The average molecular weight is 274 g/mol. The zero-order chi connectivity index (χ0) is 15.2. The standard InChI is InChI=1S/C20H34/c1-6-8-9-10-13-19(4)16-12-17-20(5)15-11-14-18(3)7-2/h7-9,15-16H,6,10-14,17H2,1-5H3/b9-8?,18-7-,19-16+,20-15-. The minimum atomic E-state index is 1.15. The first kappa shape index (κ1) is 19.0. The number of rotatable bonds is 10. The monoisotopic (exact) mass is 274 g/mol. The molecule has 0 N–H and O–H groups in total. The summed E-state index contributed by atoms with van der Waals surface area (Å²) in [4.78, 5) is 0. The van der Waals surface area contributed by atoms with E-state index in [9.17, 15) is 0 Å². The van der Waals surface area contributed by atoms with Crippen LogP contribution in [0.15, 0.2) is 47.1 Å². The van der Waals surface area contributed by atoms with E-state index in [2.05, 4.69) is 65.0 Å². The van der Waals surface area contributed by atoms with Crippen LogP contribution < -0.4 is 0 Å². The van der Waals surface area contributed by atoms with E-state index in [0.29, 0.717) is 0 Å². The van der Waals surface area contributed by atoms with Gasteiger partial charge in [-0.3, -0.25) is 0 Å². The molecule has 0 heteroatoms. The second-order valence-electron chi connectivity index (χ2n) is 5.73. The molecule has 114 valence electrons. The van der Waals surface area contributed by atoms with Crippen molar-refractivity contribution in [2.75, 3.05) is 0 Å². The summed E-state index contributed by atoms with van der Waals surface area (Å²) in [5.41, 5.74) is 4.55. The van der Waals surface area contributed by atoms with Crippen LogP contribution in [0.4, 0.5) is 0 Å². The molecule has 0 atom stereocenters. The van der Waals surface area contributed by atoms with E-state index in [1.54, 1.807) is 0 Å². The highest BCUT2D eigenvalue weighted by Crippen LogP contribution is 2.12. The Hall–Kier alpha value is -1.04. The summed E-state index contributed by atoms with van der Waals surface area (Å²) in [7, 11) is 0. The van der Waals surface area contributed by atoms with Crippen LogP contribution in [0, 0.1) is 0 Å². The first-order valence-corrected chi connectivity index (χ1v) is 8.18. The van der Waals surface area contributed by atoms with Crippen LogP contribution in [0.1, 0.15) is 79.6 Å². The number of hydrogen-bond donors (Lipinski definition) is 0. The van der Waals surface area contributed by atoms with Gasteiger partial charge in [0.25, 0.3) is 0 Å². The predicted octanol–water partition coefficient (Wildman–Crippen LogP) is 7.15. The molecule has 0 bridgehead atoms. The van der Waals surface area contributed by atoms with Gasteiger partial charge in [0.1, 0.15) is 0 Å². The Morgan fingerprint density at radius 1 is 0.700 bits per heavy atom. The fourth-order valence-corrected chi connectivity index (χ4v) is 2.04. The van der Waals surface area contributed by atoms with Gasteiger partial charge in [-0.05, 0) is 72.6 Å². The highest BCUT2D eigenvalue weighted by Gasteiger charge is 1.92. The molecule has 0 aliphatic rings. The van der Waals surface area contributed by atoms with Crippen LogP contribution in [-0.4, -0.2) is 0 Å². The lowest BCUT2D eigenvalue weighted by Crippen LogP contribution is -1.81. The summed E-state index contributed by atoms with van der Waals surface area (Å²) in [6, 6.07) is 0. The minimum absolute atomic E-state index is 1.15. The molecule has 0 heterocycles. The smallest absolute Gasteiger partial charge is 0.0288 e. The third-order valence-corrected chi connectivity index (χ3v) is 3.66. The number of allylic oxidation sites excluding steroid dienone is 8. The molecule has 0 aliphatic heterocycles. The van der Waals surface area contributed by atoms with E-state index < -0.39 is 0 Å². The molecule has 0 radical (unpaired) electrons. The lowest BCUT2D eigenvalue weighted by Gasteiger charge is -2.02. The molecule has 0 rings (SSSR count). The Balaban J connectivity index is 3.85. The third kappa shape index (κ3) is 12.0. The van der Waals surface area contributed by atoms with Crippen molar-refractivity contribution in [2.24, 2.45) is 0 Å². The van der Waals surface area contributed by atoms with Gasteiger partial charge in [0.05, 0.1) is 0 Å². The van der Waals surface area contributed by atoms with Gasteiger partial charge in [0.15, 0.2) is 0 Å². The molecule has 0 aromatic rings. The summed E-state index contributed by atoms with van der Waals surface area (Å²) in [6.07, 6.45) is 19.9. The Morgan fingerprint density at radius 3 is 1.70 bits per heavy atom. The van der Waals surface area contributed by atoms with E-state index >= 15 is 0 Å². The molecule has 0 nitrogen and oxygen atoms in total. The van der Waals surface area contributed by atoms with Crippen LogP contribution >= 0.6 is 0 Å². The van der Waals surface area contributed by atoms with Crippen molar-refractivity contribution in [3.63, 3.8) is 0 Å². The van der Waals surface area contributed by atoms with Crippen LogP contribution in [0.25, 0.3) is 0 Å².